The zero-order valence-electron chi connectivity index (χ0n) is 9.65. The number of nitrogens with zero attached hydrogens (tertiary/aromatic N) is 1. The van der Waals surface area contributed by atoms with Gasteiger partial charge in [-0.3, -0.25) is 14.7 Å². The van der Waals surface area contributed by atoms with Crippen LogP contribution in [0.3, 0.4) is 0 Å². The van der Waals surface area contributed by atoms with E-state index in [1.807, 2.05) is 12.1 Å². The molecule has 0 saturated carbocycles. The molecule has 3 N–H and O–H groups in total. The van der Waals surface area contributed by atoms with Gasteiger partial charge in [-0.25, -0.2) is 0 Å². The van der Waals surface area contributed by atoms with Crippen LogP contribution in [0.5, 0.6) is 0 Å². The van der Waals surface area contributed by atoms with Crippen LogP contribution in [0.25, 0.3) is 22.0 Å². The number of anilines is 1. The van der Waals surface area contributed by atoms with E-state index < -0.39 is 0 Å². The van der Waals surface area contributed by atoms with Crippen LogP contribution >= 0.6 is 0 Å². The number of carbonyl (C=O) groups is 1. The van der Waals surface area contributed by atoms with Gasteiger partial charge in [-0.1, -0.05) is 0 Å². The third-order valence-electron chi connectivity index (χ3n) is 3.13. The second-order valence-corrected chi connectivity index (χ2v) is 4.41. The van der Waals surface area contributed by atoms with E-state index in [-0.39, 0.29) is 11.3 Å². The second kappa shape index (κ2) is 3.32. The third-order valence-corrected chi connectivity index (χ3v) is 3.13. The van der Waals surface area contributed by atoms with Crippen molar-refractivity contribution in [3.8, 4) is 11.1 Å². The molecule has 0 bridgehead atoms. The van der Waals surface area contributed by atoms with Gasteiger partial charge in [0.05, 0.1) is 0 Å². The summed E-state index contributed by atoms with van der Waals surface area (Å²) in [6.07, 6.45) is 1.48. The number of hydrogen-bond acceptors (Lipinski definition) is 3. The molecular formula is C13H8N4O2. The number of aromatic nitrogens is 3. The molecule has 0 atom stereocenters. The molecule has 19 heavy (non-hydrogen) atoms. The van der Waals surface area contributed by atoms with Crippen LogP contribution in [0.15, 0.2) is 35.3 Å². The van der Waals surface area contributed by atoms with E-state index in [2.05, 4.69) is 20.5 Å². The maximum Gasteiger partial charge on any atom is 0.275 e. The zero-order valence-corrected chi connectivity index (χ0v) is 9.65. The van der Waals surface area contributed by atoms with E-state index in [0.29, 0.717) is 11.5 Å². The Morgan fingerprint density at radius 3 is 3.00 bits per heavy atom. The van der Waals surface area contributed by atoms with E-state index in [1.165, 1.54) is 18.3 Å². The van der Waals surface area contributed by atoms with Gasteiger partial charge in [0.15, 0.2) is 5.43 Å². The summed E-state index contributed by atoms with van der Waals surface area (Å²) in [7, 11) is 0. The van der Waals surface area contributed by atoms with Crippen LogP contribution in [0.2, 0.25) is 0 Å². The molecule has 2 aromatic heterocycles. The van der Waals surface area contributed by atoms with E-state index in [1.54, 1.807) is 0 Å². The molecule has 0 unspecified atom stereocenters. The highest BCUT2D eigenvalue weighted by Gasteiger charge is 2.24. The van der Waals surface area contributed by atoms with Crippen molar-refractivity contribution in [2.24, 2.45) is 0 Å². The van der Waals surface area contributed by atoms with Crippen molar-refractivity contribution in [1.29, 1.82) is 0 Å². The molecule has 1 amide bonds. The molecule has 0 saturated heterocycles. The lowest BCUT2D eigenvalue weighted by Gasteiger charge is -2.02. The minimum absolute atomic E-state index is 0.169. The molecule has 0 aromatic carbocycles. The standard InChI is InChI=1S/C13H8N4O2/c18-7-1-2-14-10(5-7)15-13(19)12-9-4-6-3-8(6)11(9)16-17-12/h1-5H,(H,16,17)(H2,14,15,18,19). The molecule has 92 valence electrons. The van der Waals surface area contributed by atoms with Gasteiger partial charge in [0.1, 0.15) is 17.0 Å². The predicted octanol–water partition coefficient (Wildman–Crippen LogP) is 1.48. The minimum atomic E-state index is -0.325. The first kappa shape index (κ1) is 10.1. The highest BCUT2D eigenvalue weighted by atomic mass is 16.2. The lowest BCUT2D eigenvalue weighted by Crippen LogP contribution is -2.15. The predicted molar refractivity (Wildman–Crippen MR) is 70.1 cm³/mol. The van der Waals surface area contributed by atoms with Crippen molar-refractivity contribution < 1.29 is 4.79 Å². The van der Waals surface area contributed by atoms with Gasteiger partial charge < -0.3 is 10.3 Å². The summed E-state index contributed by atoms with van der Waals surface area (Å²) in [5.74, 6) is 0.0326. The average molecular weight is 252 g/mol. The number of benzene rings is 1. The second-order valence-electron chi connectivity index (χ2n) is 4.41. The van der Waals surface area contributed by atoms with Crippen LogP contribution in [-0.2, 0) is 0 Å². The fourth-order valence-electron chi connectivity index (χ4n) is 2.17. The maximum atomic E-state index is 12.1. The van der Waals surface area contributed by atoms with Crippen molar-refractivity contribution in [2.75, 3.05) is 5.32 Å². The Kier molecular flexibility index (Phi) is 1.76. The van der Waals surface area contributed by atoms with Gasteiger partial charge >= 0.3 is 0 Å². The number of H-pyrrole nitrogens is 2. The highest BCUT2D eigenvalue weighted by Crippen LogP contribution is 2.42. The normalized spacial score (nSPS) is 11.6. The number of fused-ring (bicyclic) bond motifs is 3. The monoisotopic (exact) mass is 252 g/mol. The number of pyridine rings is 1. The van der Waals surface area contributed by atoms with Gasteiger partial charge in [-0.05, 0) is 17.7 Å². The van der Waals surface area contributed by atoms with Crippen molar-refractivity contribution in [2.45, 2.75) is 0 Å². The summed E-state index contributed by atoms with van der Waals surface area (Å²) in [5.41, 5.74) is 3.28. The Morgan fingerprint density at radius 2 is 2.16 bits per heavy atom. The van der Waals surface area contributed by atoms with Crippen LogP contribution in [-0.4, -0.2) is 21.1 Å². The number of aromatic amines is 2. The van der Waals surface area contributed by atoms with Crippen molar-refractivity contribution in [3.05, 3.63) is 46.4 Å². The zero-order chi connectivity index (χ0) is 13.0. The third kappa shape index (κ3) is 1.46. The van der Waals surface area contributed by atoms with Crippen LogP contribution in [0.4, 0.5) is 5.82 Å². The van der Waals surface area contributed by atoms with Gasteiger partial charge in [-0.15, -0.1) is 0 Å². The van der Waals surface area contributed by atoms with E-state index in [9.17, 15) is 9.59 Å². The highest BCUT2D eigenvalue weighted by molar-refractivity contribution is 6.17. The molecule has 0 radical (unpaired) electrons. The molecule has 6 heteroatoms. The summed E-state index contributed by atoms with van der Waals surface area (Å²) in [6, 6.07) is 6.65. The van der Waals surface area contributed by atoms with Crippen LogP contribution in [0.1, 0.15) is 10.5 Å². The lowest BCUT2D eigenvalue weighted by atomic mass is 10.2. The first-order valence-corrected chi connectivity index (χ1v) is 5.75. The Hall–Kier alpha value is -2.89. The summed E-state index contributed by atoms with van der Waals surface area (Å²) in [5, 5.41) is 10.3. The molecule has 2 aliphatic carbocycles. The molecule has 4 rings (SSSR count). The van der Waals surface area contributed by atoms with Crippen molar-refractivity contribution >= 4 is 22.6 Å². The van der Waals surface area contributed by atoms with Gasteiger partial charge in [0, 0.05) is 29.3 Å². The first-order valence-electron chi connectivity index (χ1n) is 5.75. The van der Waals surface area contributed by atoms with E-state index in [0.717, 1.165) is 22.0 Å². The molecule has 2 heterocycles. The molecule has 2 aromatic rings. The number of carbonyl (C=O) groups excluding carboxylic acids is 1. The summed E-state index contributed by atoms with van der Waals surface area (Å²) in [4.78, 5) is 26.1. The van der Waals surface area contributed by atoms with E-state index >= 15 is 0 Å². The van der Waals surface area contributed by atoms with Gasteiger partial charge in [-0.2, -0.15) is 5.10 Å². The number of nitrogens with one attached hydrogen (secondary N) is 3. The average Bonchev–Trinajstić information content (AvgIpc) is 2.86. The minimum Gasteiger partial charge on any atom is -0.348 e. The van der Waals surface area contributed by atoms with Crippen molar-refractivity contribution in [1.82, 2.24) is 15.2 Å². The molecule has 6 nitrogen and oxygen atoms in total. The maximum absolute atomic E-state index is 12.1. The topological polar surface area (TPSA) is 90.6 Å². The molecular weight excluding hydrogens is 244 g/mol. The molecule has 0 fully saturated rings. The largest absolute Gasteiger partial charge is 0.348 e. The fraction of sp³-hybridized carbons (Fsp3) is 0. The lowest BCUT2D eigenvalue weighted by molar-refractivity contribution is 0.102. The summed E-state index contributed by atoms with van der Waals surface area (Å²) >= 11 is 0. The Morgan fingerprint density at radius 1 is 1.26 bits per heavy atom. The van der Waals surface area contributed by atoms with Crippen molar-refractivity contribution in [3.63, 3.8) is 0 Å². The first-order chi connectivity index (χ1) is 9.22. The Balaban J connectivity index is 1.70. The van der Waals surface area contributed by atoms with Gasteiger partial charge in [0.25, 0.3) is 5.91 Å². The van der Waals surface area contributed by atoms with E-state index in [4.69, 9.17) is 0 Å². The Bertz CT molecular complexity index is 891. The van der Waals surface area contributed by atoms with Gasteiger partial charge in [0.2, 0.25) is 0 Å². The summed E-state index contributed by atoms with van der Waals surface area (Å²) in [6.45, 7) is 0. The Labute approximate surface area is 106 Å². The summed E-state index contributed by atoms with van der Waals surface area (Å²) < 4.78 is 0. The number of rotatable bonds is 2. The quantitative estimate of drug-likeness (QED) is 0.504. The fourth-order valence-corrected chi connectivity index (χ4v) is 2.17. The SMILES string of the molecule is O=C(Nc1cc(=O)cc[nH]1)c1[nH]nc2c3cc-3cc12. The van der Waals surface area contributed by atoms with Crippen LogP contribution in [0, 0.1) is 0 Å². The van der Waals surface area contributed by atoms with Crippen LogP contribution < -0.4 is 10.7 Å². The molecule has 0 aliphatic heterocycles. The number of hydrogen-bond donors (Lipinski definition) is 3. The molecule has 2 aliphatic rings. The smallest absolute Gasteiger partial charge is 0.275 e. The number of amides is 1. The molecule has 0 spiro atoms.